The summed E-state index contributed by atoms with van der Waals surface area (Å²) in [6, 6.07) is 10.3. The molecule has 1 aromatic heterocycles. The van der Waals surface area contributed by atoms with E-state index in [1.807, 2.05) is 40.5 Å². The van der Waals surface area contributed by atoms with Crippen LogP contribution in [0, 0.1) is 5.41 Å². The molecule has 1 spiro atoms. The van der Waals surface area contributed by atoms with E-state index in [1.54, 1.807) is 17.6 Å². The number of fused-ring (bicyclic) bond motifs is 1. The number of thiophene rings is 1. The monoisotopic (exact) mass is 514 g/mol. The molecule has 1 unspecified atom stereocenters. The smallest absolute Gasteiger partial charge is 0.414 e. The Kier molecular flexibility index (Phi) is 8.31. The minimum absolute atomic E-state index is 0.137. The van der Waals surface area contributed by atoms with Gasteiger partial charge in [-0.1, -0.05) is 0 Å². The van der Waals surface area contributed by atoms with Gasteiger partial charge in [0.25, 0.3) is 0 Å². The van der Waals surface area contributed by atoms with Gasteiger partial charge in [-0.05, 0) is 112 Å². The van der Waals surface area contributed by atoms with E-state index in [1.165, 1.54) is 32.2 Å². The van der Waals surface area contributed by atoms with E-state index in [-0.39, 0.29) is 5.41 Å². The predicted molar refractivity (Wildman–Crippen MR) is 138 cm³/mol. The zero-order valence-corrected chi connectivity index (χ0v) is 21.5. The Morgan fingerprint density at radius 2 is 1.72 bits per heavy atom. The second-order valence-corrected chi connectivity index (χ2v) is 10.8. The molecule has 3 heterocycles. The molecule has 1 aliphatic carbocycles. The van der Waals surface area contributed by atoms with Crippen molar-refractivity contribution in [3.05, 3.63) is 46.2 Å². The van der Waals surface area contributed by atoms with E-state index in [0.717, 1.165) is 56.3 Å². The molecule has 8 nitrogen and oxygen atoms in total. The highest BCUT2D eigenvalue weighted by atomic mass is 32.1. The first-order valence-corrected chi connectivity index (χ1v) is 13.4. The van der Waals surface area contributed by atoms with E-state index in [4.69, 9.17) is 24.5 Å². The molecule has 0 radical (unpaired) electrons. The molecule has 0 bridgehead atoms. The molecule has 1 amide bonds. The fourth-order valence-corrected chi connectivity index (χ4v) is 6.73. The third-order valence-electron chi connectivity index (χ3n) is 7.86. The Morgan fingerprint density at radius 3 is 2.36 bits per heavy atom. The quantitative estimate of drug-likeness (QED) is 0.575. The van der Waals surface area contributed by atoms with Crippen molar-refractivity contribution in [1.29, 1.82) is 0 Å². The fourth-order valence-electron chi connectivity index (χ4n) is 5.72. The normalized spacial score (nSPS) is 21.0. The zero-order valence-electron chi connectivity index (χ0n) is 20.6. The summed E-state index contributed by atoms with van der Waals surface area (Å²) in [5.74, 6) is -1.73. The Labute approximate surface area is 215 Å². The maximum absolute atomic E-state index is 13.3. The van der Waals surface area contributed by atoms with Crippen molar-refractivity contribution in [2.45, 2.75) is 50.9 Å². The second kappa shape index (κ2) is 11.4. The van der Waals surface area contributed by atoms with Gasteiger partial charge in [0, 0.05) is 17.1 Å². The summed E-state index contributed by atoms with van der Waals surface area (Å²) in [7, 11) is 1.67. The number of carboxylic acids is 2. The van der Waals surface area contributed by atoms with Crippen LogP contribution in [0.4, 0.5) is 5.69 Å². The minimum Gasteiger partial charge on any atom is -0.497 e. The van der Waals surface area contributed by atoms with Gasteiger partial charge in [0.05, 0.1) is 12.5 Å². The number of carboxylic acid groups (broad SMARTS) is 2. The molecule has 2 N–H and O–H groups in total. The third-order valence-corrected chi connectivity index (χ3v) is 8.86. The number of nitrogens with zero attached hydrogens (tertiary/aromatic N) is 2. The fraction of sp³-hybridized carbons (Fsp3) is 0.519. The molecule has 2 fully saturated rings. The molecule has 3 aliphatic rings. The molecular weight excluding hydrogens is 480 g/mol. The molecule has 2 aliphatic heterocycles. The van der Waals surface area contributed by atoms with Gasteiger partial charge in [0.1, 0.15) is 5.75 Å². The van der Waals surface area contributed by atoms with Crippen LogP contribution < -0.4 is 9.64 Å². The van der Waals surface area contributed by atoms with Crippen LogP contribution in [0.15, 0.2) is 35.7 Å². The van der Waals surface area contributed by atoms with Crippen molar-refractivity contribution in [1.82, 2.24) is 4.90 Å². The summed E-state index contributed by atoms with van der Waals surface area (Å²) in [5, 5.41) is 17.1. The maximum Gasteiger partial charge on any atom is 0.414 e. The number of hydrogen-bond donors (Lipinski definition) is 2. The molecule has 1 atom stereocenters. The lowest BCUT2D eigenvalue weighted by atomic mass is 9.77. The minimum atomic E-state index is -1.82. The Bertz CT molecular complexity index is 1060. The lowest BCUT2D eigenvalue weighted by molar-refractivity contribution is -0.159. The number of ether oxygens (including phenoxy) is 1. The van der Waals surface area contributed by atoms with Crippen molar-refractivity contribution in [2.75, 3.05) is 38.2 Å². The number of benzene rings is 1. The van der Waals surface area contributed by atoms with Crippen LogP contribution in [-0.2, 0) is 20.8 Å². The first-order chi connectivity index (χ1) is 17.3. The highest BCUT2D eigenvalue weighted by Crippen LogP contribution is 2.44. The van der Waals surface area contributed by atoms with Gasteiger partial charge >= 0.3 is 11.9 Å². The van der Waals surface area contributed by atoms with Gasteiger partial charge in [-0.2, -0.15) is 0 Å². The highest BCUT2D eigenvalue weighted by Gasteiger charge is 2.48. The molecule has 9 heteroatoms. The number of hydrogen-bond acceptors (Lipinski definition) is 6. The lowest BCUT2D eigenvalue weighted by Gasteiger charge is -2.38. The van der Waals surface area contributed by atoms with E-state index in [9.17, 15) is 4.79 Å². The largest absolute Gasteiger partial charge is 0.497 e. The number of piperidine rings is 1. The van der Waals surface area contributed by atoms with Crippen LogP contribution in [0.5, 0.6) is 5.75 Å². The molecular formula is C27H34N2O6S. The number of likely N-dealkylation sites (tertiary alicyclic amines) is 1. The second-order valence-electron chi connectivity index (χ2n) is 9.81. The number of carbonyl (C=O) groups excluding carboxylic acids is 1. The molecule has 194 valence electrons. The first-order valence-electron chi connectivity index (χ1n) is 12.5. The van der Waals surface area contributed by atoms with Gasteiger partial charge < -0.3 is 24.7 Å². The van der Waals surface area contributed by atoms with Crippen molar-refractivity contribution in [3.63, 3.8) is 0 Å². The van der Waals surface area contributed by atoms with Crippen LogP contribution in [0.2, 0.25) is 0 Å². The van der Waals surface area contributed by atoms with Crippen molar-refractivity contribution < 1.29 is 29.3 Å². The summed E-state index contributed by atoms with van der Waals surface area (Å²) in [5.41, 5.74) is 2.49. The molecule has 36 heavy (non-hydrogen) atoms. The van der Waals surface area contributed by atoms with Gasteiger partial charge in [0.15, 0.2) is 0 Å². The SMILES string of the molecule is COc1ccc(N2CCC3(CCN(CCC4CCCc5sccc54)CC3)C2=O)cc1.O=C(O)C(=O)O. The van der Waals surface area contributed by atoms with Crippen molar-refractivity contribution in [3.8, 4) is 5.75 Å². The standard InChI is InChI=1S/C25H32N2O2S.C2H2O4/c1-29-21-7-5-20(6-8-21)27-17-13-25(24(27)28)11-15-26(16-12-25)14-9-19-3-2-4-23-22(19)10-18-30-23;3-1(4)2(5)6/h5-8,10,18-19H,2-4,9,11-17H2,1H3;(H,3,4)(H,5,6). The average molecular weight is 515 g/mol. The van der Waals surface area contributed by atoms with Gasteiger partial charge in [0.2, 0.25) is 5.91 Å². The summed E-state index contributed by atoms with van der Waals surface area (Å²) in [6.45, 7) is 4.14. The average Bonchev–Trinajstić information content (AvgIpc) is 3.50. The van der Waals surface area contributed by atoms with Crippen LogP contribution in [-0.4, -0.2) is 66.2 Å². The van der Waals surface area contributed by atoms with E-state index < -0.39 is 11.9 Å². The van der Waals surface area contributed by atoms with Crippen molar-refractivity contribution >= 4 is 34.9 Å². The molecule has 5 rings (SSSR count). The number of carbonyl (C=O) groups is 3. The number of aryl methyl sites for hydroxylation is 1. The van der Waals surface area contributed by atoms with Crippen molar-refractivity contribution in [2.24, 2.45) is 5.41 Å². The number of rotatable bonds is 5. The molecule has 0 saturated carbocycles. The number of aliphatic carboxylic acids is 2. The zero-order chi connectivity index (χ0) is 25.7. The van der Waals surface area contributed by atoms with E-state index in [2.05, 4.69) is 16.3 Å². The summed E-state index contributed by atoms with van der Waals surface area (Å²) >= 11 is 1.94. The molecule has 1 aromatic carbocycles. The Morgan fingerprint density at radius 1 is 1.06 bits per heavy atom. The van der Waals surface area contributed by atoms with Crippen LogP contribution in [0.25, 0.3) is 0 Å². The first kappa shape index (κ1) is 26.2. The number of methoxy groups -OCH3 is 1. The Hall–Kier alpha value is -2.91. The van der Waals surface area contributed by atoms with E-state index in [0.29, 0.717) is 5.91 Å². The lowest BCUT2D eigenvalue weighted by Crippen LogP contribution is -2.45. The van der Waals surface area contributed by atoms with Gasteiger partial charge in [-0.25, -0.2) is 9.59 Å². The van der Waals surface area contributed by atoms with Crippen LogP contribution in [0.3, 0.4) is 0 Å². The van der Waals surface area contributed by atoms with E-state index >= 15 is 0 Å². The summed E-state index contributed by atoms with van der Waals surface area (Å²) in [4.78, 5) is 37.8. The topological polar surface area (TPSA) is 107 Å². The highest BCUT2D eigenvalue weighted by molar-refractivity contribution is 7.10. The van der Waals surface area contributed by atoms with Crippen LogP contribution >= 0.6 is 11.3 Å². The summed E-state index contributed by atoms with van der Waals surface area (Å²) in [6.07, 6.45) is 8.24. The third kappa shape index (κ3) is 5.73. The number of anilines is 1. The number of amides is 1. The van der Waals surface area contributed by atoms with Gasteiger partial charge in [-0.15, -0.1) is 11.3 Å². The molecule has 2 saturated heterocycles. The predicted octanol–water partition coefficient (Wildman–Crippen LogP) is 4.24. The van der Waals surface area contributed by atoms with Gasteiger partial charge in [-0.3, -0.25) is 4.79 Å². The maximum atomic E-state index is 13.3. The van der Waals surface area contributed by atoms with Crippen LogP contribution in [0.1, 0.15) is 54.9 Å². The summed E-state index contributed by atoms with van der Waals surface area (Å²) < 4.78 is 5.25. The Balaban J connectivity index is 0.000000455. The molecule has 2 aromatic rings.